The van der Waals surface area contributed by atoms with Crippen molar-refractivity contribution in [3.8, 4) is 5.75 Å². The number of hydrazone groups is 1. The molecule has 2 rings (SSSR count). The number of hydrogen-bond acceptors (Lipinski definition) is 4. The fraction of sp³-hybridized carbons (Fsp3) is 0.318. The van der Waals surface area contributed by atoms with Gasteiger partial charge in [0.2, 0.25) is 5.91 Å². The lowest BCUT2D eigenvalue weighted by Crippen LogP contribution is -2.57. The number of ether oxygens (including phenoxy) is 1. The number of nitrogens with one attached hydrogen (secondary N) is 2. The molecule has 0 aliphatic rings. The summed E-state index contributed by atoms with van der Waals surface area (Å²) in [6.45, 7) is 3.83. The number of carbonyl (C=O) groups excluding carboxylic acids is 2. The summed E-state index contributed by atoms with van der Waals surface area (Å²) < 4.78 is 94.7. The molecule has 2 amide bonds. The molecule has 2 aromatic rings. The minimum atomic E-state index is -6.62. The zero-order valence-electron chi connectivity index (χ0n) is 18.4. The lowest BCUT2D eigenvalue weighted by Gasteiger charge is -2.27. The van der Waals surface area contributed by atoms with Crippen LogP contribution < -0.4 is 15.5 Å². The number of anilines is 1. The van der Waals surface area contributed by atoms with E-state index in [-0.39, 0.29) is 12.1 Å². The van der Waals surface area contributed by atoms with Gasteiger partial charge in [0, 0.05) is 5.69 Å². The van der Waals surface area contributed by atoms with Gasteiger partial charge in [-0.05, 0) is 49.2 Å². The molecule has 35 heavy (non-hydrogen) atoms. The Morgan fingerprint density at radius 2 is 1.49 bits per heavy atom. The number of amides is 2. The van der Waals surface area contributed by atoms with E-state index in [1.807, 2.05) is 6.92 Å². The smallest absolute Gasteiger partial charge is 0.460 e. The molecule has 0 aliphatic heterocycles. The highest BCUT2D eigenvalue weighted by Crippen LogP contribution is 2.46. The average molecular weight is 507 g/mol. The van der Waals surface area contributed by atoms with Gasteiger partial charge in [0.15, 0.2) is 0 Å². The summed E-state index contributed by atoms with van der Waals surface area (Å²) in [4.78, 5) is 23.5. The fourth-order valence-electron chi connectivity index (χ4n) is 2.63. The van der Waals surface area contributed by atoms with E-state index < -0.39 is 35.5 Å². The molecule has 0 fully saturated rings. The second kappa shape index (κ2) is 10.7. The van der Waals surface area contributed by atoms with Crippen LogP contribution in [-0.2, 0) is 16.0 Å². The van der Waals surface area contributed by atoms with Crippen molar-refractivity contribution < 1.29 is 45.1 Å². The van der Waals surface area contributed by atoms with Gasteiger partial charge in [-0.15, -0.1) is 0 Å². The first kappa shape index (κ1) is 27.6. The van der Waals surface area contributed by atoms with Gasteiger partial charge in [0.1, 0.15) is 5.75 Å². The number of rotatable bonds is 9. The Morgan fingerprint density at radius 1 is 0.914 bits per heavy atom. The van der Waals surface area contributed by atoms with E-state index >= 15 is 0 Å². The van der Waals surface area contributed by atoms with E-state index in [9.17, 15) is 40.3 Å². The monoisotopic (exact) mass is 507 g/mol. The van der Waals surface area contributed by atoms with Gasteiger partial charge in [-0.3, -0.25) is 9.59 Å². The molecule has 13 heteroatoms. The van der Waals surface area contributed by atoms with Gasteiger partial charge in [-0.25, -0.2) is 5.43 Å². The number of benzene rings is 2. The minimum absolute atomic E-state index is 0.0188. The SMILES string of the molecule is CCOc1ccc(CC(=O)N/N=C(\C)c2ccc(NC(=O)C(F)(F)C(F)(F)C(F)(F)F)cc2)cc1. The fourth-order valence-corrected chi connectivity index (χ4v) is 2.63. The van der Waals surface area contributed by atoms with Gasteiger partial charge in [-0.1, -0.05) is 24.3 Å². The van der Waals surface area contributed by atoms with Crippen LogP contribution in [0.15, 0.2) is 53.6 Å². The standard InChI is InChI=1S/C22H20F7N3O3/c1-3-35-17-10-4-14(5-11-17)12-18(33)32-31-13(2)15-6-8-16(9-7-15)30-19(34)20(23,24)21(25,26)22(27,28)29/h4-11H,3,12H2,1-2H3,(H,30,34)(H,32,33)/b31-13+. The van der Waals surface area contributed by atoms with Crippen LogP contribution in [0.1, 0.15) is 25.0 Å². The van der Waals surface area contributed by atoms with Gasteiger partial charge in [0.05, 0.1) is 18.7 Å². The van der Waals surface area contributed by atoms with Crippen molar-refractivity contribution >= 4 is 23.2 Å². The van der Waals surface area contributed by atoms with Gasteiger partial charge in [-0.2, -0.15) is 35.8 Å². The molecule has 0 heterocycles. The molecule has 0 atom stereocenters. The Hall–Kier alpha value is -3.64. The molecule has 2 N–H and O–H groups in total. The van der Waals surface area contributed by atoms with Crippen LogP contribution in [-0.4, -0.2) is 42.2 Å². The first-order valence-electron chi connectivity index (χ1n) is 9.98. The van der Waals surface area contributed by atoms with Gasteiger partial charge >= 0.3 is 23.9 Å². The van der Waals surface area contributed by atoms with Crippen molar-refractivity contribution in [2.75, 3.05) is 11.9 Å². The highest BCUT2D eigenvalue weighted by atomic mass is 19.4. The summed E-state index contributed by atoms with van der Waals surface area (Å²) in [5, 5.41) is 5.22. The van der Waals surface area contributed by atoms with Crippen molar-refractivity contribution in [3.63, 3.8) is 0 Å². The van der Waals surface area contributed by atoms with Crippen molar-refractivity contribution in [2.45, 2.75) is 38.3 Å². The number of halogens is 7. The predicted molar refractivity (Wildman–Crippen MR) is 113 cm³/mol. The lowest BCUT2D eigenvalue weighted by molar-refractivity contribution is -0.343. The molecule has 0 aliphatic carbocycles. The second-order valence-electron chi connectivity index (χ2n) is 7.16. The number of alkyl halides is 7. The van der Waals surface area contributed by atoms with Crippen LogP contribution in [0.25, 0.3) is 0 Å². The van der Waals surface area contributed by atoms with Crippen molar-refractivity contribution in [2.24, 2.45) is 5.10 Å². The van der Waals surface area contributed by atoms with Crippen molar-refractivity contribution in [1.29, 1.82) is 0 Å². The molecule has 0 spiro atoms. The van der Waals surface area contributed by atoms with E-state index in [1.54, 1.807) is 24.3 Å². The third-order valence-corrected chi connectivity index (χ3v) is 4.54. The van der Waals surface area contributed by atoms with Crippen LogP contribution in [0.3, 0.4) is 0 Å². The Morgan fingerprint density at radius 3 is 2.00 bits per heavy atom. The van der Waals surface area contributed by atoms with Crippen LogP contribution in [0.4, 0.5) is 36.4 Å². The Labute approximate surface area is 195 Å². The third kappa shape index (κ3) is 6.70. The molecule has 190 valence electrons. The first-order chi connectivity index (χ1) is 16.2. The zero-order chi connectivity index (χ0) is 26.4. The normalized spacial score (nSPS) is 12.8. The van der Waals surface area contributed by atoms with Crippen molar-refractivity contribution in [1.82, 2.24) is 5.43 Å². The Kier molecular flexibility index (Phi) is 8.47. The Bertz CT molecular complexity index is 1070. The van der Waals surface area contributed by atoms with E-state index in [4.69, 9.17) is 4.74 Å². The molecular weight excluding hydrogens is 487 g/mol. The molecular formula is C22H20F7N3O3. The summed E-state index contributed by atoms with van der Waals surface area (Å²) in [6, 6.07) is 11.3. The van der Waals surface area contributed by atoms with Crippen LogP contribution in [0, 0.1) is 0 Å². The zero-order valence-corrected chi connectivity index (χ0v) is 18.4. The molecule has 0 unspecified atom stereocenters. The molecule has 0 radical (unpaired) electrons. The summed E-state index contributed by atoms with van der Waals surface area (Å²) in [5.74, 6) is -15.2. The van der Waals surface area contributed by atoms with Crippen LogP contribution >= 0.6 is 0 Å². The van der Waals surface area contributed by atoms with E-state index in [1.165, 1.54) is 24.4 Å². The maximum Gasteiger partial charge on any atom is 0.460 e. The largest absolute Gasteiger partial charge is 0.494 e. The molecule has 6 nitrogen and oxygen atoms in total. The van der Waals surface area contributed by atoms with E-state index in [0.29, 0.717) is 23.5 Å². The Balaban J connectivity index is 1.99. The molecule has 0 bridgehead atoms. The average Bonchev–Trinajstić information content (AvgIpc) is 2.78. The van der Waals surface area contributed by atoms with Crippen LogP contribution in [0.5, 0.6) is 5.75 Å². The maximum absolute atomic E-state index is 13.4. The molecule has 0 aromatic heterocycles. The molecule has 0 saturated heterocycles. The van der Waals surface area contributed by atoms with Crippen LogP contribution in [0.2, 0.25) is 0 Å². The number of carbonyl (C=O) groups is 2. The first-order valence-corrected chi connectivity index (χ1v) is 9.98. The highest BCUT2D eigenvalue weighted by molar-refractivity contribution is 6.01. The lowest BCUT2D eigenvalue weighted by atomic mass is 10.1. The van der Waals surface area contributed by atoms with Crippen molar-refractivity contribution in [3.05, 3.63) is 59.7 Å². The topological polar surface area (TPSA) is 79.8 Å². The summed E-state index contributed by atoms with van der Waals surface area (Å²) in [7, 11) is 0. The minimum Gasteiger partial charge on any atom is -0.494 e. The van der Waals surface area contributed by atoms with Gasteiger partial charge in [0.25, 0.3) is 0 Å². The summed E-state index contributed by atoms with van der Waals surface area (Å²) >= 11 is 0. The predicted octanol–water partition coefficient (Wildman–Crippen LogP) is 4.94. The number of nitrogens with zero attached hydrogens (tertiary/aromatic N) is 1. The summed E-state index contributed by atoms with van der Waals surface area (Å²) in [6.07, 6.45) is -6.60. The van der Waals surface area contributed by atoms with Gasteiger partial charge < -0.3 is 10.1 Å². The highest BCUT2D eigenvalue weighted by Gasteiger charge is 2.76. The summed E-state index contributed by atoms with van der Waals surface area (Å²) in [5.41, 5.74) is 3.18. The third-order valence-electron chi connectivity index (χ3n) is 4.54. The molecule has 2 aromatic carbocycles. The number of hydrogen-bond donors (Lipinski definition) is 2. The van der Waals surface area contributed by atoms with E-state index in [2.05, 4.69) is 10.5 Å². The van der Waals surface area contributed by atoms with E-state index in [0.717, 1.165) is 12.1 Å². The quantitative estimate of drug-likeness (QED) is 0.287. The molecule has 0 saturated carbocycles. The second-order valence-corrected chi connectivity index (χ2v) is 7.16. The maximum atomic E-state index is 13.4.